The number of halogens is 2. The molecule has 0 saturated heterocycles. The Kier molecular flexibility index (Phi) is 6.00. The maximum atomic E-state index is 6.07. The van der Waals surface area contributed by atoms with E-state index in [1.165, 1.54) is 44.1 Å². The second-order valence-corrected chi connectivity index (χ2v) is 6.48. The van der Waals surface area contributed by atoms with E-state index in [0.717, 1.165) is 12.3 Å². The van der Waals surface area contributed by atoms with Crippen LogP contribution in [0.4, 0.5) is 0 Å². The van der Waals surface area contributed by atoms with Crippen LogP contribution in [0.5, 0.6) is 0 Å². The highest BCUT2D eigenvalue weighted by molar-refractivity contribution is 6.42. The third kappa shape index (κ3) is 4.66. The van der Waals surface area contributed by atoms with Gasteiger partial charge in [0.15, 0.2) is 0 Å². The number of rotatable bonds is 6. The van der Waals surface area contributed by atoms with Crippen LogP contribution in [0.2, 0.25) is 10.0 Å². The molecule has 0 heterocycles. The topological polar surface area (TPSA) is 12.0 Å². The van der Waals surface area contributed by atoms with Crippen LogP contribution in [0, 0.1) is 5.92 Å². The van der Waals surface area contributed by atoms with Crippen molar-refractivity contribution in [3.05, 3.63) is 33.8 Å². The molecule has 1 saturated carbocycles. The molecule has 106 valence electrons. The molecule has 19 heavy (non-hydrogen) atoms. The summed E-state index contributed by atoms with van der Waals surface area (Å²) in [6.45, 7) is 0. The van der Waals surface area contributed by atoms with Crippen LogP contribution in [0.3, 0.4) is 0 Å². The smallest absolute Gasteiger partial charge is 0.0595 e. The Morgan fingerprint density at radius 1 is 1.21 bits per heavy atom. The van der Waals surface area contributed by atoms with Crippen molar-refractivity contribution in [2.24, 2.45) is 5.92 Å². The predicted octanol–water partition coefficient (Wildman–Crippen LogP) is 5.09. The molecule has 1 fully saturated rings. The molecular weight excluding hydrogens is 277 g/mol. The summed E-state index contributed by atoms with van der Waals surface area (Å²) < 4.78 is 0. The molecule has 0 bridgehead atoms. The van der Waals surface area contributed by atoms with Gasteiger partial charge in [0.05, 0.1) is 10.0 Å². The first-order valence-corrected chi connectivity index (χ1v) is 8.06. The molecule has 1 aromatic rings. The van der Waals surface area contributed by atoms with Crippen LogP contribution in [0.1, 0.15) is 44.1 Å². The van der Waals surface area contributed by atoms with E-state index in [4.69, 9.17) is 23.2 Å². The Morgan fingerprint density at radius 3 is 2.58 bits per heavy atom. The SMILES string of the molecule is CNC(CCC1CCCC1)Cc1ccc(Cl)c(Cl)c1. The van der Waals surface area contributed by atoms with Crippen LogP contribution in [-0.2, 0) is 6.42 Å². The molecule has 1 atom stereocenters. The minimum Gasteiger partial charge on any atom is -0.317 e. The van der Waals surface area contributed by atoms with E-state index < -0.39 is 0 Å². The lowest BCUT2D eigenvalue weighted by Gasteiger charge is -2.18. The van der Waals surface area contributed by atoms with Gasteiger partial charge in [-0.25, -0.2) is 0 Å². The summed E-state index contributed by atoms with van der Waals surface area (Å²) in [5.74, 6) is 0.963. The largest absolute Gasteiger partial charge is 0.317 e. The average molecular weight is 300 g/mol. The van der Waals surface area contributed by atoms with Crippen molar-refractivity contribution in [2.75, 3.05) is 7.05 Å². The zero-order chi connectivity index (χ0) is 13.7. The van der Waals surface area contributed by atoms with Gasteiger partial charge in [0.1, 0.15) is 0 Å². The number of hydrogen-bond acceptors (Lipinski definition) is 1. The molecule has 0 radical (unpaired) electrons. The van der Waals surface area contributed by atoms with Gasteiger partial charge in [-0.1, -0.05) is 55.0 Å². The van der Waals surface area contributed by atoms with Crippen molar-refractivity contribution in [2.45, 2.75) is 51.0 Å². The van der Waals surface area contributed by atoms with E-state index in [9.17, 15) is 0 Å². The van der Waals surface area contributed by atoms with Crippen molar-refractivity contribution in [3.8, 4) is 0 Å². The third-order valence-corrected chi connectivity index (χ3v) is 5.01. The summed E-state index contributed by atoms with van der Waals surface area (Å²) >= 11 is 12.0. The van der Waals surface area contributed by atoms with Gasteiger partial charge in [-0.3, -0.25) is 0 Å². The van der Waals surface area contributed by atoms with Gasteiger partial charge in [0.2, 0.25) is 0 Å². The maximum absolute atomic E-state index is 6.07. The molecule has 1 N–H and O–H groups in total. The molecule has 2 rings (SSSR count). The number of nitrogens with one attached hydrogen (secondary N) is 1. The first kappa shape index (κ1) is 15.2. The Labute approximate surface area is 126 Å². The normalized spacial score (nSPS) is 17.8. The molecule has 0 spiro atoms. The molecule has 1 aliphatic carbocycles. The van der Waals surface area contributed by atoms with Crippen LogP contribution >= 0.6 is 23.2 Å². The van der Waals surface area contributed by atoms with Crippen molar-refractivity contribution in [3.63, 3.8) is 0 Å². The quantitative estimate of drug-likeness (QED) is 0.771. The van der Waals surface area contributed by atoms with E-state index in [1.54, 1.807) is 0 Å². The molecule has 0 aliphatic heterocycles. The second-order valence-electron chi connectivity index (χ2n) is 5.67. The fraction of sp³-hybridized carbons (Fsp3) is 0.625. The van der Waals surface area contributed by atoms with Crippen molar-refractivity contribution < 1.29 is 0 Å². The van der Waals surface area contributed by atoms with Gasteiger partial charge in [-0.05, 0) is 49.9 Å². The fourth-order valence-corrected chi connectivity index (χ4v) is 3.36. The predicted molar refractivity (Wildman–Crippen MR) is 84.2 cm³/mol. The lowest BCUT2D eigenvalue weighted by molar-refractivity contribution is 0.418. The highest BCUT2D eigenvalue weighted by Gasteiger charge is 2.17. The average Bonchev–Trinajstić information content (AvgIpc) is 2.92. The van der Waals surface area contributed by atoms with E-state index in [0.29, 0.717) is 16.1 Å². The van der Waals surface area contributed by atoms with E-state index >= 15 is 0 Å². The number of benzene rings is 1. The van der Waals surface area contributed by atoms with Gasteiger partial charge >= 0.3 is 0 Å². The summed E-state index contributed by atoms with van der Waals surface area (Å²) in [5.41, 5.74) is 1.26. The van der Waals surface area contributed by atoms with Crippen molar-refractivity contribution in [1.82, 2.24) is 5.32 Å². The van der Waals surface area contributed by atoms with Gasteiger partial charge in [-0.15, -0.1) is 0 Å². The lowest BCUT2D eigenvalue weighted by atomic mass is 9.95. The summed E-state index contributed by atoms with van der Waals surface area (Å²) in [6, 6.07) is 6.50. The minimum atomic E-state index is 0.540. The van der Waals surface area contributed by atoms with Gasteiger partial charge in [-0.2, -0.15) is 0 Å². The van der Waals surface area contributed by atoms with E-state index in [2.05, 4.69) is 18.4 Å². The molecule has 0 aromatic heterocycles. The zero-order valence-corrected chi connectivity index (χ0v) is 13.1. The first-order valence-electron chi connectivity index (χ1n) is 7.30. The molecule has 1 aromatic carbocycles. The second kappa shape index (κ2) is 7.52. The van der Waals surface area contributed by atoms with Crippen LogP contribution in [-0.4, -0.2) is 13.1 Å². The Morgan fingerprint density at radius 2 is 1.95 bits per heavy atom. The first-order chi connectivity index (χ1) is 9.19. The van der Waals surface area contributed by atoms with Crippen LogP contribution in [0.15, 0.2) is 18.2 Å². The lowest BCUT2D eigenvalue weighted by Crippen LogP contribution is -2.28. The van der Waals surface area contributed by atoms with E-state index in [1.807, 2.05) is 12.1 Å². The third-order valence-electron chi connectivity index (χ3n) is 4.27. The van der Waals surface area contributed by atoms with Gasteiger partial charge in [0, 0.05) is 6.04 Å². The van der Waals surface area contributed by atoms with Crippen LogP contribution in [0.25, 0.3) is 0 Å². The van der Waals surface area contributed by atoms with E-state index in [-0.39, 0.29) is 0 Å². The minimum absolute atomic E-state index is 0.540. The molecule has 3 heteroatoms. The molecule has 0 amide bonds. The Hall–Kier alpha value is -0.240. The number of hydrogen-bond donors (Lipinski definition) is 1. The van der Waals surface area contributed by atoms with Gasteiger partial charge < -0.3 is 5.32 Å². The summed E-state index contributed by atoms with van der Waals surface area (Å²) in [7, 11) is 2.05. The van der Waals surface area contributed by atoms with Crippen LogP contribution < -0.4 is 5.32 Å². The highest BCUT2D eigenvalue weighted by Crippen LogP contribution is 2.29. The molecule has 1 unspecified atom stereocenters. The Balaban J connectivity index is 1.85. The molecular formula is C16H23Cl2N. The van der Waals surface area contributed by atoms with Gasteiger partial charge in [0.25, 0.3) is 0 Å². The molecule has 1 aliphatic rings. The number of likely N-dealkylation sites (N-methyl/N-ethyl adjacent to an activating group) is 1. The van der Waals surface area contributed by atoms with Crippen molar-refractivity contribution in [1.29, 1.82) is 0 Å². The zero-order valence-electron chi connectivity index (χ0n) is 11.6. The molecule has 1 nitrogen and oxygen atoms in total. The standard InChI is InChI=1S/C16H23Cl2N/c1-19-14(8-6-12-4-2-3-5-12)10-13-7-9-15(17)16(18)11-13/h7,9,11-12,14,19H,2-6,8,10H2,1H3. The summed E-state index contributed by atoms with van der Waals surface area (Å²) in [6.07, 6.45) is 9.37. The maximum Gasteiger partial charge on any atom is 0.0595 e. The summed E-state index contributed by atoms with van der Waals surface area (Å²) in [4.78, 5) is 0. The monoisotopic (exact) mass is 299 g/mol. The van der Waals surface area contributed by atoms with Crippen molar-refractivity contribution >= 4 is 23.2 Å². The highest BCUT2D eigenvalue weighted by atomic mass is 35.5. The fourth-order valence-electron chi connectivity index (χ4n) is 3.04. The Bertz CT molecular complexity index is 400. The summed E-state index contributed by atoms with van der Waals surface area (Å²) in [5, 5.41) is 4.73.